The summed E-state index contributed by atoms with van der Waals surface area (Å²) in [6.07, 6.45) is 1.49. The monoisotopic (exact) mass is 538 g/mol. The molecule has 214 valence electrons. The van der Waals surface area contributed by atoms with Gasteiger partial charge in [-0.2, -0.15) is 0 Å². The van der Waals surface area contributed by atoms with Crippen molar-refractivity contribution in [1.82, 2.24) is 0 Å². The Bertz CT molecular complexity index is 854. The smallest absolute Gasteiger partial charge is 0.123 e. The first-order valence-electron chi connectivity index (χ1n) is 12.8. The van der Waals surface area contributed by atoms with Crippen molar-refractivity contribution in [3.05, 3.63) is 47.5 Å². The Balaban J connectivity index is 1.51. The van der Waals surface area contributed by atoms with E-state index < -0.39 is 0 Å². The second kappa shape index (κ2) is 20.4. The quantitative estimate of drug-likeness (QED) is 0.205. The molecule has 38 heavy (non-hydrogen) atoms. The van der Waals surface area contributed by atoms with Crippen LogP contribution in [0.1, 0.15) is 11.1 Å². The van der Waals surface area contributed by atoms with Crippen molar-refractivity contribution < 1.29 is 48.1 Å². The van der Waals surface area contributed by atoms with Gasteiger partial charge < -0.3 is 48.1 Å². The summed E-state index contributed by atoms with van der Waals surface area (Å²) in [6, 6.07) is 11.1. The van der Waals surface area contributed by atoms with Gasteiger partial charge in [0, 0.05) is 12.1 Å². The summed E-state index contributed by atoms with van der Waals surface area (Å²) in [7, 11) is 3.26. The fraction of sp³-hybridized carbons (Fsp3) is 0.571. The standard InChI is InChI=1S/C28H42O10/c1-31-26-18-24(19-27(22-26)32-2)4-3-23-17-25(30)21-28(20-23)38-16-15-37-14-13-36-12-11-35-10-9-34-8-7-33-6-5-29/h17-22,29-30H,3-16H2,1-2H3. The first-order chi connectivity index (χ1) is 18.6. The van der Waals surface area contributed by atoms with Crippen LogP contribution in [0, 0.1) is 0 Å². The highest BCUT2D eigenvalue weighted by atomic mass is 16.6. The molecule has 0 saturated carbocycles. The van der Waals surface area contributed by atoms with E-state index in [4.69, 9.17) is 43.0 Å². The van der Waals surface area contributed by atoms with Crippen molar-refractivity contribution in [1.29, 1.82) is 0 Å². The number of phenols is 1. The maximum atomic E-state index is 10.1. The third kappa shape index (κ3) is 14.4. The zero-order chi connectivity index (χ0) is 27.3. The molecule has 10 nitrogen and oxygen atoms in total. The Morgan fingerprint density at radius 3 is 1.39 bits per heavy atom. The van der Waals surface area contributed by atoms with Crippen LogP contribution in [0.4, 0.5) is 0 Å². The summed E-state index contributed by atoms with van der Waals surface area (Å²) in [5.74, 6) is 2.26. The molecule has 0 amide bonds. The van der Waals surface area contributed by atoms with Gasteiger partial charge in [0.25, 0.3) is 0 Å². The molecule has 0 aliphatic rings. The van der Waals surface area contributed by atoms with E-state index in [1.54, 1.807) is 26.4 Å². The van der Waals surface area contributed by atoms with Crippen LogP contribution in [0.15, 0.2) is 36.4 Å². The zero-order valence-corrected chi connectivity index (χ0v) is 22.5. The Kier molecular flexibility index (Phi) is 17.0. The van der Waals surface area contributed by atoms with Crippen molar-refractivity contribution >= 4 is 0 Å². The number of aromatic hydroxyl groups is 1. The molecule has 0 aliphatic heterocycles. The van der Waals surface area contributed by atoms with Gasteiger partial charge in [-0.25, -0.2) is 0 Å². The molecular formula is C28H42O10. The molecular weight excluding hydrogens is 496 g/mol. The van der Waals surface area contributed by atoms with Crippen LogP contribution in [-0.2, 0) is 36.5 Å². The van der Waals surface area contributed by atoms with Gasteiger partial charge in [0.15, 0.2) is 0 Å². The van der Waals surface area contributed by atoms with Crippen molar-refractivity contribution in [3.63, 3.8) is 0 Å². The minimum atomic E-state index is 0.0197. The molecule has 10 heteroatoms. The second-order valence-electron chi connectivity index (χ2n) is 8.19. The van der Waals surface area contributed by atoms with E-state index in [-0.39, 0.29) is 12.4 Å². The summed E-state index contributed by atoms with van der Waals surface area (Å²) in [5, 5.41) is 18.7. The average molecular weight is 539 g/mol. The van der Waals surface area contributed by atoms with Crippen LogP contribution < -0.4 is 14.2 Å². The van der Waals surface area contributed by atoms with E-state index in [0.29, 0.717) is 78.4 Å². The van der Waals surface area contributed by atoms with E-state index in [1.165, 1.54) is 0 Å². The van der Waals surface area contributed by atoms with Crippen LogP contribution in [0.2, 0.25) is 0 Å². The lowest BCUT2D eigenvalue weighted by molar-refractivity contribution is -0.0146. The molecule has 2 N–H and O–H groups in total. The minimum absolute atomic E-state index is 0.0197. The molecule has 0 saturated heterocycles. The molecule has 0 radical (unpaired) electrons. The van der Waals surface area contributed by atoms with Crippen molar-refractivity contribution in [2.75, 3.05) is 93.5 Å². The van der Waals surface area contributed by atoms with Crippen LogP contribution in [-0.4, -0.2) is 104 Å². The molecule has 0 spiro atoms. The third-order valence-electron chi connectivity index (χ3n) is 5.28. The lowest BCUT2D eigenvalue weighted by Gasteiger charge is -2.11. The van der Waals surface area contributed by atoms with Gasteiger partial charge in [-0.05, 0) is 48.2 Å². The Morgan fingerprint density at radius 1 is 0.500 bits per heavy atom. The first-order valence-corrected chi connectivity index (χ1v) is 12.8. The largest absolute Gasteiger partial charge is 0.508 e. The van der Waals surface area contributed by atoms with E-state index >= 15 is 0 Å². The molecule has 0 aliphatic carbocycles. The molecule has 0 fully saturated rings. The van der Waals surface area contributed by atoms with E-state index in [0.717, 1.165) is 35.5 Å². The Morgan fingerprint density at radius 2 is 0.921 bits per heavy atom. The molecule has 0 atom stereocenters. The van der Waals surface area contributed by atoms with E-state index in [2.05, 4.69) is 0 Å². The van der Waals surface area contributed by atoms with Gasteiger partial charge in [-0.3, -0.25) is 0 Å². The number of aliphatic hydroxyl groups is 1. The van der Waals surface area contributed by atoms with E-state index in [9.17, 15) is 5.11 Å². The van der Waals surface area contributed by atoms with E-state index in [1.807, 2.05) is 24.3 Å². The Labute approximate surface area is 225 Å². The molecule has 2 aromatic carbocycles. The van der Waals surface area contributed by atoms with Crippen LogP contribution in [0.25, 0.3) is 0 Å². The summed E-state index contributed by atoms with van der Waals surface area (Å²) in [5.41, 5.74) is 2.05. The van der Waals surface area contributed by atoms with Crippen LogP contribution >= 0.6 is 0 Å². The number of methoxy groups -OCH3 is 2. The van der Waals surface area contributed by atoms with Gasteiger partial charge in [0.05, 0.1) is 86.9 Å². The van der Waals surface area contributed by atoms with Crippen molar-refractivity contribution in [2.45, 2.75) is 12.8 Å². The fourth-order valence-electron chi connectivity index (χ4n) is 3.44. The number of hydrogen-bond donors (Lipinski definition) is 2. The summed E-state index contributed by atoms with van der Waals surface area (Å²) < 4.78 is 43.3. The van der Waals surface area contributed by atoms with Gasteiger partial charge in [0.1, 0.15) is 29.6 Å². The Hall–Kier alpha value is -2.60. The molecule has 0 aromatic heterocycles. The predicted molar refractivity (Wildman–Crippen MR) is 142 cm³/mol. The molecule has 2 rings (SSSR count). The van der Waals surface area contributed by atoms with Gasteiger partial charge in [0.2, 0.25) is 0 Å². The number of aliphatic hydroxyl groups excluding tert-OH is 1. The first kappa shape index (κ1) is 31.6. The number of benzene rings is 2. The summed E-state index contributed by atoms with van der Waals surface area (Å²) >= 11 is 0. The highest BCUT2D eigenvalue weighted by Gasteiger charge is 2.06. The number of aryl methyl sites for hydroxylation is 2. The van der Waals surface area contributed by atoms with Crippen LogP contribution in [0.3, 0.4) is 0 Å². The topological polar surface area (TPSA) is 114 Å². The highest BCUT2D eigenvalue weighted by Crippen LogP contribution is 2.26. The number of ether oxygens (including phenoxy) is 8. The molecule has 2 aromatic rings. The lowest BCUT2D eigenvalue weighted by atomic mass is 10.0. The minimum Gasteiger partial charge on any atom is -0.508 e. The van der Waals surface area contributed by atoms with Gasteiger partial charge in [-0.15, -0.1) is 0 Å². The fourth-order valence-corrected chi connectivity index (χ4v) is 3.44. The maximum absolute atomic E-state index is 10.1. The number of hydrogen-bond acceptors (Lipinski definition) is 10. The number of phenolic OH excluding ortho intramolecular Hbond substituents is 1. The third-order valence-corrected chi connectivity index (χ3v) is 5.28. The van der Waals surface area contributed by atoms with Crippen molar-refractivity contribution in [2.24, 2.45) is 0 Å². The maximum Gasteiger partial charge on any atom is 0.123 e. The SMILES string of the molecule is COc1cc(CCc2cc(O)cc(OCCOCCOCCOCCOCCOCCO)c2)cc(OC)c1. The number of rotatable bonds is 23. The highest BCUT2D eigenvalue weighted by molar-refractivity contribution is 5.40. The normalized spacial score (nSPS) is 11.0. The van der Waals surface area contributed by atoms with Crippen molar-refractivity contribution in [3.8, 4) is 23.0 Å². The zero-order valence-electron chi connectivity index (χ0n) is 22.5. The summed E-state index contributed by atoms with van der Waals surface area (Å²) in [4.78, 5) is 0. The summed E-state index contributed by atoms with van der Waals surface area (Å²) in [6.45, 7) is 4.93. The second-order valence-corrected chi connectivity index (χ2v) is 8.19. The van der Waals surface area contributed by atoms with Gasteiger partial charge >= 0.3 is 0 Å². The molecule has 0 bridgehead atoms. The van der Waals surface area contributed by atoms with Crippen LogP contribution in [0.5, 0.6) is 23.0 Å². The molecule has 0 heterocycles. The molecule has 0 unspecified atom stereocenters. The predicted octanol–water partition coefficient (Wildman–Crippen LogP) is 2.65. The lowest BCUT2D eigenvalue weighted by Crippen LogP contribution is -2.14. The average Bonchev–Trinajstić information content (AvgIpc) is 2.93. The van der Waals surface area contributed by atoms with Gasteiger partial charge in [-0.1, -0.05) is 0 Å².